The predicted molar refractivity (Wildman–Crippen MR) is 178 cm³/mol. The van der Waals surface area contributed by atoms with Gasteiger partial charge in [-0.25, -0.2) is 0 Å². The van der Waals surface area contributed by atoms with E-state index in [1.165, 1.54) is 0 Å². The number of fused-ring (bicyclic) bond motifs is 4. The van der Waals surface area contributed by atoms with E-state index in [1.807, 2.05) is 37.5 Å². The number of ketones is 1. The number of phenolic OH excluding ortho intramolecular Hbond substituents is 1. The Labute approximate surface area is 275 Å². The first-order chi connectivity index (χ1) is 22.7. The zero-order valence-corrected chi connectivity index (χ0v) is 26.6. The molecule has 0 amide bonds. The van der Waals surface area contributed by atoms with Crippen LogP contribution < -0.4 is 20.7 Å². The molecule has 4 heterocycles. The number of Topliss-reactive ketones (excluding diaryl/α,β-unsaturated/α-hetero) is 1. The van der Waals surface area contributed by atoms with Gasteiger partial charge in [0.1, 0.15) is 42.9 Å². The fourth-order valence-corrected chi connectivity index (χ4v) is 6.74. The highest BCUT2D eigenvalue weighted by molar-refractivity contribution is 6.08. The van der Waals surface area contributed by atoms with Gasteiger partial charge < -0.3 is 36.2 Å². The van der Waals surface area contributed by atoms with Crippen molar-refractivity contribution >= 4 is 17.6 Å². The van der Waals surface area contributed by atoms with Crippen LogP contribution in [0.4, 0.5) is 0 Å². The zero-order valence-electron chi connectivity index (χ0n) is 26.6. The number of aryl methyl sites for hydroxylation is 1. The molecule has 0 spiro atoms. The first kappa shape index (κ1) is 32.7. The summed E-state index contributed by atoms with van der Waals surface area (Å²) in [5, 5.41) is 45.3. The number of aromatic hydroxyl groups is 1. The smallest absolute Gasteiger partial charge is 0.247 e. The Bertz CT molecular complexity index is 1720. The van der Waals surface area contributed by atoms with Crippen molar-refractivity contribution in [3.05, 3.63) is 87.9 Å². The molecule has 8 N–H and O–H groups in total. The Balaban J connectivity index is 1.20. The highest BCUT2D eigenvalue weighted by Gasteiger charge is 2.36. The molecular formula is C37H43N4O6+. The largest absolute Gasteiger partial charge is 0.504 e. The lowest BCUT2D eigenvalue weighted by Crippen LogP contribution is -3.12. The van der Waals surface area contributed by atoms with Crippen LogP contribution >= 0.6 is 0 Å². The number of nitrogens with zero attached hydrogens (tertiary/aromatic N) is 1. The molecular weight excluding hydrogens is 596 g/mol. The summed E-state index contributed by atoms with van der Waals surface area (Å²) >= 11 is 0. The summed E-state index contributed by atoms with van der Waals surface area (Å²) in [7, 11) is 0. The molecule has 6 atom stereocenters. The summed E-state index contributed by atoms with van der Waals surface area (Å²) < 4.78 is 6.42. The van der Waals surface area contributed by atoms with Crippen LogP contribution in [0.3, 0.4) is 0 Å². The van der Waals surface area contributed by atoms with Gasteiger partial charge in [0.05, 0.1) is 17.8 Å². The highest BCUT2D eigenvalue weighted by Crippen LogP contribution is 2.35. The minimum Gasteiger partial charge on any atom is -0.504 e. The van der Waals surface area contributed by atoms with Crippen LogP contribution in [0.25, 0.3) is 6.08 Å². The number of phenols is 1. The van der Waals surface area contributed by atoms with Crippen molar-refractivity contribution in [2.45, 2.75) is 89.0 Å². The maximum absolute atomic E-state index is 12.6. The lowest BCUT2D eigenvalue weighted by Gasteiger charge is -2.25. The number of nitrogens with two attached hydrogens (primary N) is 1. The molecule has 2 aromatic carbocycles. The third kappa shape index (κ3) is 7.35. The fourth-order valence-electron chi connectivity index (χ4n) is 6.74. The molecule has 2 aromatic rings. The number of benzene rings is 2. The van der Waals surface area contributed by atoms with Crippen LogP contribution in [0.2, 0.25) is 0 Å². The molecule has 6 rings (SSSR count). The van der Waals surface area contributed by atoms with Crippen LogP contribution in [-0.4, -0.2) is 56.9 Å². The fraction of sp³-hybridized carbons (Fsp3) is 0.405. The highest BCUT2D eigenvalue weighted by atomic mass is 16.5. The van der Waals surface area contributed by atoms with Crippen LogP contribution in [0.1, 0.15) is 85.5 Å². The van der Waals surface area contributed by atoms with E-state index in [2.05, 4.69) is 23.4 Å². The van der Waals surface area contributed by atoms with Crippen molar-refractivity contribution in [2.75, 3.05) is 6.54 Å². The number of aliphatic hydroxyl groups is 3. The monoisotopic (exact) mass is 639 g/mol. The zero-order chi connectivity index (χ0) is 33.1. The quantitative estimate of drug-likeness (QED) is 0.184. The van der Waals surface area contributed by atoms with E-state index in [0.717, 1.165) is 56.0 Å². The molecule has 0 aromatic heterocycles. The van der Waals surface area contributed by atoms with E-state index in [9.17, 15) is 25.2 Å². The van der Waals surface area contributed by atoms with E-state index >= 15 is 0 Å². The summed E-state index contributed by atoms with van der Waals surface area (Å²) in [6.45, 7) is 2.55. The number of carbonyl (C=O) groups is 1. The number of hydrogen-bond acceptors (Lipinski definition) is 9. The topological polar surface area (TPSA) is 162 Å². The molecule has 4 aliphatic heterocycles. The molecule has 0 fully saturated rings. The minimum absolute atomic E-state index is 0.00346. The number of allylic oxidation sites excluding steroid dienone is 1. The molecule has 1 unspecified atom stereocenters. The second-order valence-electron chi connectivity index (χ2n) is 12.7. The number of ether oxygens (including phenoxy) is 1. The van der Waals surface area contributed by atoms with Crippen molar-refractivity contribution in [2.24, 2.45) is 10.7 Å². The van der Waals surface area contributed by atoms with Crippen LogP contribution in [-0.2, 0) is 17.6 Å². The molecule has 47 heavy (non-hydrogen) atoms. The molecule has 0 saturated carbocycles. The van der Waals surface area contributed by atoms with E-state index in [4.69, 9.17) is 15.5 Å². The minimum atomic E-state index is -1.02. The summed E-state index contributed by atoms with van der Waals surface area (Å²) in [4.78, 5) is 18.3. The Hall–Kier alpha value is -4.24. The average Bonchev–Trinajstić information content (AvgIpc) is 3.62. The average molecular weight is 640 g/mol. The summed E-state index contributed by atoms with van der Waals surface area (Å²) in [6, 6.07) is 8.88. The number of carbonyl (C=O) groups excluding carboxylic acids is 1. The van der Waals surface area contributed by atoms with Gasteiger partial charge in [0.2, 0.25) is 6.23 Å². The van der Waals surface area contributed by atoms with E-state index in [0.29, 0.717) is 25.8 Å². The number of quaternary nitrogens is 1. The van der Waals surface area contributed by atoms with E-state index in [1.54, 1.807) is 18.2 Å². The standard InChI is InChI=1S/C37H42N4O6/c1-2-4-24(42)17-26(44)18-25(43)9-7-22-8-12-34(46)35(15-22)47-36-6-3-5-33(45)28-10-11-29-27(13-14-39-37(29)38)30(28)16-23-19-40-32-21-41(36)20-31(23)32/h8,10-15,19-20,24,26,33,36-37,39,42,44-46H,2,4,6-7,9,16-18,21,38H2,1H3/p+1/t24-,26+,33-,36-,37-/m0/s1. The van der Waals surface area contributed by atoms with E-state index in [-0.39, 0.29) is 49.1 Å². The molecule has 246 valence electrons. The molecule has 2 bridgehead atoms. The van der Waals surface area contributed by atoms with Gasteiger partial charge in [-0.05, 0) is 77.1 Å². The van der Waals surface area contributed by atoms with Crippen LogP contribution in [0.5, 0.6) is 11.5 Å². The molecule has 0 saturated heterocycles. The van der Waals surface area contributed by atoms with E-state index < -0.39 is 24.5 Å². The number of hydrogen-bond donors (Lipinski definition) is 7. The summed E-state index contributed by atoms with van der Waals surface area (Å²) in [5.74, 6) is 6.33. The number of rotatable bonds is 11. The van der Waals surface area contributed by atoms with Gasteiger partial charge in [-0.2, -0.15) is 0 Å². The lowest BCUT2D eigenvalue weighted by atomic mass is 9.86. The van der Waals surface area contributed by atoms with Crippen molar-refractivity contribution in [1.82, 2.24) is 5.32 Å². The molecule has 0 radical (unpaired) electrons. The van der Waals surface area contributed by atoms with Crippen LogP contribution in [0, 0.1) is 11.8 Å². The predicted octanol–water partition coefficient (Wildman–Crippen LogP) is 2.24. The number of aliphatic hydroxyl groups excluding tert-OH is 3. The van der Waals surface area contributed by atoms with Gasteiger partial charge in [0, 0.05) is 25.5 Å². The van der Waals surface area contributed by atoms with Crippen molar-refractivity contribution in [3.8, 4) is 23.3 Å². The maximum Gasteiger partial charge on any atom is 0.247 e. The third-order valence-corrected chi connectivity index (χ3v) is 9.24. The maximum atomic E-state index is 12.6. The first-order valence-corrected chi connectivity index (χ1v) is 16.4. The van der Waals surface area contributed by atoms with Crippen molar-refractivity contribution < 1.29 is 34.9 Å². The Morgan fingerprint density at radius 3 is 2.87 bits per heavy atom. The van der Waals surface area contributed by atoms with Gasteiger partial charge in [-0.3, -0.25) is 14.7 Å². The van der Waals surface area contributed by atoms with Crippen molar-refractivity contribution in [1.29, 1.82) is 0 Å². The summed E-state index contributed by atoms with van der Waals surface area (Å²) in [5.41, 5.74) is 13.8. The molecule has 10 nitrogen and oxygen atoms in total. The Morgan fingerprint density at radius 1 is 1.21 bits per heavy atom. The molecule has 10 heteroatoms. The Morgan fingerprint density at radius 2 is 2.04 bits per heavy atom. The van der Waals surface area contributed by atoms with Crippen molar-refractivity contribution in [3.63, 3.8) is 0 Å². The SMILES string of the molecule is CCC[C@H](O)C[C@@H](O)CC(=O)CCc1ccc(O)c(O[C@H]2CC#C[C@H](O)c3ccc4c(c3CC3=CN=C5C[NH+]2C=C35)C=CN[C@@H]4N)c1. The number of aliphatic imine (C=N–C) groups is 1. The lowest BCUT2D eigenvalue weighted by molar-refractivity contribution is -0.882. The van der Waals surface area contributed by atoms with Gasteiger partial charge in [-0.1, -0.05) is 43.4 Å². The molecule has 0 aliphatic carbocycles. The van der Waals surface area contributed by atoms with Gasteiger partial charge in [-0.15, -0.1) is 0 Å². The Kier molecular flexibility index (Phi) is 9.92. The third-order valence-electron chi connectivity index (χ3n) is 9.24. The van der Waals surface area contributed by atoms with Gasteiger partial charge >= 0.3 is 0 Å². The normalized spacial score (nSPS) is 23.7. The number of nitrogens with one attached hydrogen (secondary N) is 2. The summed E-state index contributed by atoms with van der Waals surface area (Å²) in [6.07, 6.45) is 7.58. The second-order valence-corrected chi connectivity index (χ2v) is 12.7. The molecule has 4 aliphatic rings. The van der Waals surface area contributed by atoms with Gasteiger partial charge in [0.25, 0.3) is 0 Å². The van der Waals surface area contributed by atoms with Gasteiger partial charge in [0.15, 0.2) is 11.5 Å². The van der Waals surface area contributed by atoms with Crippen LogP contribution in [0.15, 0.2) is 65.1 Å². The first-order valence-electron chi connectivity index (χ1n) is 16.4. The second kappa shape index (κ2) is 14.3.